The number of halogens is 1. The molecule has 2 fully saturated rings. The number of carbonyl (C=O) groups is 1. The molecule has 2 atom stereocenters. The van der Waals surface area contributed by atoms with Crippen molar-refractivity contribution in [3.63, 3.8) is 0 Å². The Balaban J connectivity index is 1.41. The van der Waals surface area contributed by atoms with Crippen LogP contribution in [0, 0.1) is 11.7 Å². The van der Waals surface area contributed by atoms with Crippen LogP contribution in [0.4, 0.5) is 14.9 Å². The number of nitrogens with one attached hydrogen (secondary N) is 2. The Morgan fingerprint density at radius 1 is 1.25 bits per heavy atom. The second-order valence-electron chi connectivity index (χ2n) is 6.53. The molecule has 2 aliphatic rings. The second kappa shape index (κ2) is 6.96. The maximum atomic E-state index is 13.0. The third-order valence-electron chi connectivity index (χ3n) is 4.60. The molecule has 2 aliphatic heterocycles. The molecular weight excluding hydrogens is 333 g/mol. The zero-order chi connectivity index (χ0) is 17.2. The zero-order valence-electron chi connectivity index (χ0n) is 13.4. The lowest BCUT2D eigenvalue weighted by atomic mass is 10.1. The highest BCUT2D eigenvalue weighted by molar-refractivity contribution is 7.91. The number of hydrogen-bond donors (Lipinski definition) is 2. The van der Waals surface area contributed by atoms with Gasteiger partial charge < -0.3 is 15.5 Å². The fourth-order valence-electron chi connectivity index (χ4n) is 3.27. The van der Waals surface area contributed by atoms with Gasteiger partial charge in [0.05, 0.1) is 11.5 Å². The van der Waals surface area contributed by atoms with Crippen molar-refractivity contribution in [2.75, 3.05) is 36.0 Å². The molecule has 8 heteroatoms. The van der Waals surface area contributed by atoms with Crippen LogP contribution in [0.5, 0.6) is 0 Å². The number of hydrogen-bond acceptors (Lipinski definition) is 4. The Kier molecular flexibility index (Phi) is 4.93. The minimum atomic E-state index is -2.99. The lowest BCUT2D eigenvalue weighted by molar-refractivity contribution is 0.236. The highest BCUT2D eigenvalue weighted by atomic mass is 32.2. The largest absolute Gasteiger partial charge is 0.371 e. The topological polar surface area (TPSA) is 78.5 Å². The number of carbonyl (C=O) groups excluding carboxylic acids is 1. The number of anilines is 1. The Labute approximate surface area is 141 Å². The molecule has 6 nitrogen and oxygen atoms in total. The average Bonchev–Trinajstić information content (AvgIpc) is 3.12. The van der Waals surface area contributed by atoms with E-state index in [-0.39, 0.29) is 29.4 Å². The second-order valence-corrected chi connectivity index (χ2v) is 8.76. The van der Waals surface area contributed by atoms with Crippen molar-refractivity contribution < 1.29 is 17.6 Å². The molecular formula is C16H22FN3O3S. The smallest absolute Gasteiger partial charge is 0.315 e. The SMILES string of the molecule is O=C(NCC1CCN(c2ccc(F)cc2)C1)NC1CCS(=O)(=O)C1. The molecule has 3 rings (SSSR count). The molecule has 132 valence electrons. The normalized spacial score (nSPS) is 25.6. The molecule has 2 saturated heterocycles. The van der Waals surface area contributed by atoms with E-state index in [1.807, 2.05) is 0 Å². The summed E-state index contributed by atoms with van der Waals surface area (Å²) >= 11 is 0. The summed E-state index contributed by atoms with van der Waals surface area (Å²) in [6.45, 7) is 2.23. The number of rotatable bonds is 4. The molecule has 0 saturated carbocycles. The standard InChI is InChI=1S/C16H22FN3O3S/c17-13-1-3-15(4-2-13)20-7-5-12(10-20)9-18-16(21)19-14-6-8-24(22,23)11-14/h1-4,12,14H,5-11H2,(H2,18,19,21). The molecule has 0 aromatic heterocycles. The first-order valence-corrected chi connectivity index (χ1v) is 9.99. The van der Waals surface area contributed by atoms with E-state index in [4.69, 9.17) is 0 Å². The fourth-order valence-corrected chi connectivity index (χ4v) is 4.94. The minimum absolute atomic E-state index is 0.0300. The van der Waals surface area contributed by atoms with Crippen LogP contribution in [0.25, 0.3) is 0 Å². The third kappa shape index (κ3) is 4.37. The highest BCUT2D eigenvalue weighted by Crippen LogP contribution is 2.23. The quantitative estimate of drug-likeness (QED) is 0.849. The van der Waals surface area contributed by atoms with Gasteiger partial charge in [-0.1, -0.05) is 0 Å². The van der Waals surface area contributed by atoms with Crippen molar-refractivity contribution in [2.24, 2.45) is 5.92 Å². The molecule has 0 bridgehead atoms. The lowest BCUT2D eigenvalue weighted by Gasteiger charge is -2.19. The van der Waals surface area contributed by atoms with Gasteiger partial charge in [-0.15, -0.1) is 0 Å². The summed E-state index contributed by atoms with van der Waals surface area (Å²) in [5, 5.41) is 5.55. The summed E-state index contributed by atoms with van der Waals surface area (Å²) in [6.07, 6.45) is 1.44. The number of benzene rings is 1. The van der Waals surface area contributed by atoms with Gasteiger partial charge in [-0.2, -0.15) is 0 Å². The Morgan fingerprint density at radius 3 is 2.67 bits per heavy atom. The van der Waals surface area contributed by atoms with Gasteiger partial charge in [0.15, 0.2) is 9.84 Å². The molecule has 2 amide bonds. The van der Waals surface area contributed by atoms with E-state index in [0.29, 0.717) is 18.9 Å². The summed E-state index contributed by atoms with van der Waals surface area (Å²) in [5.74, 6) is 0.255. The van der Waals surface area contributed by atoms with Gasteiger partial charge in [0.2, 0.25) is 0 Å². The van der Waals surface area contributed by atoms with Crippen LogP contribution in [0.15, 0.2) is 24.3 Å². The number of urea groups is 1. The zero-order valence-corrected chi connectivity index (χ0v) is 14.2. The van der Waals surface area contributed by atoms with E-state index in [9.17, 15) is 17.6 Å². The van der Waals surface area contributed by atoms with E-state index in [1.165, 1.54) is 12.1 Å². The lowest BCUT2D eigenvalue weighted by Crippen LogP contribution is -2.44. The minimum Gasteiger partial charge on any atom is -0.371 e. The van der Waals surface area contributed by atoms with Gasteiger partial charge in [0, 0.05) is 31.4 Å². The van der Waals surface area contributed by atoms with Gasteiger partial charge >= 0.3 is 6.03 Å². The molecule has 0 radical (unpaired) electrons. The maximum absolute atomic E-state index is 13.0. The number of amides is 2. The van der Waals surface area contributed by atoms with Crippen molar-refractivity contribution in [1.29, 1.82) is 0 Å². The fraction of sp³-hybridized carbons (Fsp3) is 0.562. The first-order chi connectivity index (χ1) is 11.4. The number of sulfone groups is 1. The molecule has 1 aromatic carbocycles. The van der Waals surface area contributed by atoms with Crippen molar-refractivity contribution in [3.05, 3.63) is 30.1 Å². The summed E-state index contributed by atoms with van der Waals surface area (Å²) < 4.78 is 35.7. The summed E-state index contributed by atoms with van der Waals surface area (Å²) in [5.41, 5.74) is 0.986. The molecule has 2 heterocycles. The summed E-state index contributed by atoms with van der Waals surface area (Å²) in [7, 11) is -2.99. The maximum Gasteiger partial charge on any atom is 0.315 e. The van der Waals surface area contributed by atoms with Crippen LogP contribution in [-0.2, 0) is 9.84 Å². The first-order valence-electron chi connectivity index (χ1n) is 8.16. The van der Waals surface area contributed by atoms with Crippen LogP contribution in [0.2, 0.25) is 0 Å². The van der Waals surface area contributed by atoms with Crippen LogP contribution in [0.3, 0.4) is 0 Å². The van der Waals surface area contributed by atoms with Crippen molar-refractivity contribution >= 4 is 21.6 Å². The van der Waals surface area contributed by atoms with Crippen LogP contribution >= 0.6 is 0 Å². The van der Waals surface area contributed by atoms with E-state index in [2.05, 4.69) is 15.5 Å². The van der Waals surface area contributed by atoms with Gasteiger partial charge in [-0.3, -0.25) is 0 Å². The molecule has 1 aromatic rings. The van der Waals surface area contributed by atoms with Crippen molar-refractivity contribution in [1.82, 2.24) is 10.6 Å². The highest BCUT2D eigenvalue weighted by Gasteiger charge is 2.29. The first kappa shape index (κ1) is 17.0. The van der Waals surface area contributed by atoms with Crippen molar-refractivity contribution in [3.8, 4) is 0 Å². The molecule has 0 aliphatic carbocycles. The third-order valence-corrected chi connectivity index (χ3v) is 6.36. The van der Waals surface area contributed by atoms with Crippen LogP contribution in [-0.4, -0.2) is 51.6 Å². The molecule has 0 spiro atoms. The van der Waals surface area contributed by atoms with E-state index >= 15 is 0 Å². The number of nitrogens with zero attached hydrogens (tertiary/aromatic N) is 1. The van der Waals surface area contributed by atoms with E-state index in [0.717, 1.165) is 25.2 Å². The average molecular weight is 355 g/mol. The van der Waals surface area contributed by atoms with E-state index in [1.54, 1.807) is 12.1 Å². The van der Waals surface area contributed by atoms with Crippen molar-refractivity contribution in [2.45, 2.75) is 18.9 Å². The predicted octanol–water partition coefficient (Wildman–Crippen LogP) is 1.14. The summed E-state index contributed by atoms with van der Waals surface area (Å²) in [6, 6.07) is 5.83. The van der Waals surface area contributed by atoms with Crippen LogP contribution in [0.1, 0.15) is 12.8 Å². The predicted molar refractivity (Wildman–Crippen MR) is 90.3 cm³/mol. The van der Waals surface area contributed by atoms with E-state index < -0.39 is 9.84 Å². The van der Waals surface area contributed by atoms with Gasteiger partial charge in [0.1, 0.15) is 5.82 Å². The van der Waals surface area contributed by atoms with Gasteiger partial charge in [0.25, 0.3) is 0 Å². The summed E-state index contributed by atoms with van der Waals surface area (Å²) in [4.78, 5) is 14.1. The Morgan fingerprint density at radius 2 is 2.00 bits per heavy atom. The van der Waals surface area contributed by atoms with Gasteiger partial charge in [-0.25, -0.2) is 17.6 Å². The van der Waals surface area contributed by atoms with Gasteiger partial charge in [-0.05, 0) is 43.0 Å². The molecule has 24 heavy (non-hydrogen) atoms. The molecule has 2 N–H and O–H groups in total. The Bertz CT molecular complexity index is 693. The Hall–Kier alpha value is -1.83. The van der Waals surface area contributed by atoms with Crippen LogP contribution < -0.4 is 15.5 Å². The molecule has 2 unspecified atom stereocenters. The monoisotopic (exact) mass is 355 g/mol.